The maximum absolute atomic E-state index is 13.0. The first-order chi connectivity index (χ1) is 14.0. The first-order valence-electron chi connectivity index (χ1n) is 10.0. The van der Waals surface area contributed by atoms with Gasteiger partial charge in [0.1, 0.15) is 11.9 Å². The molecular weight excluding hydrogens is 387 g/mol. The average Bonchev–Trinajstić information content (AvgIpc) is 3.25. The van der Waals surface area contributed by atoms with Crippen LogP contribution in [0.5, 0.6) is 0 Å². The van der Waals surface area contributed by atoms with Crippen LogP contribution in [0.3, 0.4) is 0 Å². The van der Waals surface area contributed by atoms with Crippen LogP contribution in [0.4, 0.5) is 19.0 Å². The van der Waals surface area contributed by atoms with E-state index in [0.717, 1.165) is 31.5 Å². The molecule has 2 aliphatic rings. The van der Waals surface area contributed by atoms with Crippen LogP contribution in [0.1, 0.15) is 25.3 Å². The molecule has 0 bridgehead atoms. The summed E-state index contributed by atoms with van der Waals surface area (Å²) in [7, 11) is 0. The first-order valence-corrected chi connectivity index (χ1v) is 10.0. The third kappa shape index (κ3) is 5.96. The van der Waals surface area contributed by atoms with Crippen LogP contribution in [0.25, 0.3) is 0 Å². The summed E-state index contributed by atoms with van der Waals surface area (Å²) in [5.74, 6) is 0.558. The number of morpholine rings is 1. The Balaban J connectivity index is 1.57. The molecule has 2 saturated heterocycles. The Bertz CT molecular complexity index is 680. The van der Waals surface area contributed by atoms with Gasteiger partial charge in [-0.05, 0) is 31.9 Å². The Kier molecular flexibility index (Phi) is 7.54. The van der Waals surface area contributed by atoms with Crippen molar-refractivity contribution >= 4 is 11.8 Å². The monoisotopic (exact) mass is 415 g/mol. The van der Waals surface area contributed by atoms with Gasteiger partial charge >= 0.3 is 6.18 Å². The van der Waals surface area contributed by atoms with Crippen molar-refractivity contribution in [1.29, 1.82) is 0 Å². The third-order valence-corrected chi connectivity index (χ3v) is 4.89. The lowest BCUT2D eigenvalue weighted by atomic mass is 10.1. The highest BCUT2D eigenvalue weighted by Gasteiger charge is 2.34. The minimum Gasteiger partial charge on any atom is -0.375 e. The van der Waals surface area contributed by atoms with Crippen molar-refractivity contribution in [2.24, 2.45) is 4.99 Å². The number of pyridine rings is 1. The molecule has 10 heteroatoms. The van der Waals surface area contributed by atoms with E-state index in [4.69, 9.17) is 9.47 Å². The zero-order valence-corrected chi connectivity index (χ0v) is 16.5. The zero-order valence-electron chi connectivity index (χ0n) is 16.5. The average molecular weight is 415 g/mol. The van der Waals surface area contributed by atoms with Crippen molar-refractivity contribution in [3.63, 3.8) is 0 Å². The molecule has 7 nitrogen and oxygen atoms in total. The third-order valence-electron chi connectivity index (χ3n) is 4.89. The van der Waals surface area contributed by atoms with Gasteiger partial charge in [-0.3, -0.25) is 4.99 Å². The van der Waals surface area contributed by atoms with Gasteiger partial charge in [0, 0.05) is 39.0 Å². The number of hydrogen-bond acceptors (Lipinski definition) is 5. The van der Waals surface area contributed by atoms with Crippen LogP contribution in [0.2, 0.25) is 0 Å². The van der Waals surface area contributed by atoms with Crippen LogP contribution >= 0.6 is 0 Å². The predicted molar refractivity (Wildman–Crippen MR) is 104 cm³/mol. The Morgan fingerprint density at radius 2 is 2.14 bits per heavy atom. The fourth-order valence-corrected chi connectivity index (χ4v) is 3.53. The van der Waals surface area contributed by atoms with Crippen molar-refractivity contribution in [3.8, 4) is 0 Å². The molecule has 1 aromatic heterocycles. The van der Waals surface area contributed by atoms with Gasteiger partial charge in [0.2, 0.25) is 0 Å². The number of halogens is 3. The van der Waals surface area contributed by atoms with Crippen molar-refractivity contribution in [1.82, 2.24) is 15.2 Å². The number of alkyl halides is 3. The predicted octanol–water partition coefficient (Wildman–Crippen LogP) is 2.36. The SMILES string of the molecule is CCNC(=NCCNc1ncccc1C(F)(F)F)N1CCOC(C2CCCO2)C1. The van der Waals surface area contributed by atoms with Gasteiger partial charge in [-0.1, -0.05) is 0 Å². The van der Waals surface area contributed by atoms with Crippen molar-refractivity contribution in [2.75, 3.05) is 51.3 Å². The van der Waals surface area contributed by atoms with E-state index in [2.05, 4.69) is 25.5 Å². The molecule has 3 heterocycles. The van der Waals surface area contributed by atoms with Crippen LogP contribution in [0, 0.1) is 0 Å². The highest BCUT2D eigenvalue weighted by Crippen LogP contribution is 2.33. The second-order valence-corrected chi connectivity index (χ2v) is 6.97. The largest absolute Gasteiger partial charge is 0.419 e. The first kappa shape index (κ1) is 21.6. The summed E-state index contributed by atoms with van der Waals surface area (Å²) in [6.45, 7) is 6.01. The lowest BCUT2D eigenvalue weighted by molar-refractivity contribution is -0.137. The molecule has 3 rings (SSSR count). The molecule has 0 spiro atoms. The molecule has 0 aliphatic carbocycles. The van der Waals surface area contributed by atoms with E-state index < -0.39 is 11.7 Å². The van der Waals surface area contributed by atoms with Crippen LogP contribution in [0.15, 0.2) is 23.3 Å². The van der Waals surface area contributed by atoms with Gasteiger partial charge in [-0.15, -0.1) is 0 Å². The number of nitrogens with one attached hydrogen (secondary N) is 2. The van der Waals surface area contributed by atoms with E-state index in [1.807, 2.05) is 6.92 Å². The molecule has 2 N–H and O–H groups in total. The number of aliphatic imine (C=N–C) groups is 1. The van der Waals surface area contributed by atoms with Gasteiger partial charge in [0.05, 0.1) is 24.8 Å². The Hall–Kier alpha value is -2.07. The maximum Gasteiger partial charge on any atom is 0.419 e. The lowest BCUT2D eigenvalue weighted by Crippen LogP contribution is -2.53. The minimum atomic E-state index is -4.44. The molecule has 1 aromatic rings. The van der Waals surface area contributed by atoms with E-state index in [1.165, 1.54) is 12.3 Å². The van der Waals surface area contributed by atoms with Gasteiger partial charge < -0.3 is 25.0 Å². The van der Waals surface area contributed by atoms with E-state index in [9.17, 15) is 13.2 Å². The fraction of sp³-hybridized carbons (Fsp3) is 0.684. The summed E-state index contributed by atoms with van der Waals surface area (Å²) in [6, 6.07) is 2.29. The summed E-state index contributed by atoms with van der Waals surface area (Å²) in [5, 5.41) is 6.00. The highest BCUT2D eigenvalue weighted by molar-refractivity contribution is 5.80. The van der Waals surface area contributed by atoms with E-state index in [-0.39, 0.29) is 24.6 Å². The maximum atomic E-state index is 13.0. The van der Waals surface area contributed by atoms with Gasteiger partial charge in [-0.2, -0.15) is 13.2 Å². The molecule has 162 valence electrons. The second kappa shape index (κ2) is 10.1. The molecule has 2 fully saturated rings. The Morgan fingerprint density at radius 3 is 2.86 bits per heavy atom. The number of aromatic nitrogens is 1. The van der Waals surface area contributed by atoms with Crippen LogP contribution < -0.4 is 10.6 Å². The molecule has 0 amide bonds. The summed E-state index contributed by atoms with van der Waals surface area (Å²) >= 11 is 0. The molecule has 0 saturated carbocycles. The number of anilines is 1. The molecule has 2 aliphatic heterocycles. The summed E-state index contributed by atoms with van der Waals surface area (Å²) in [5.41, 5.74) is -0.775. The van der Waals surface area contributed by atoms with Gasteiger partial charge in [0.15, 0.2) is 5.96 Å². The minimum absolute atomic E-state index is 0.0103. The Morgan fingerprint density at radius 1 is 1.31 bits per heavy atom. The Labute approximate surface area is 168 Å². The number of ether oxygens (including phenoxy) is 2. The fourth-order valence-electron chi connectivity index (χ4n) is 3.53. The standard InChI is InChI=1S/C19H28F3N5O2/c1-2-23-18(27-10-12-29-16(13-27)15-6-4-11-28-15)26-9-8-25-17-14(19(20,21)22)5-3-7-24-17/h3,5,7,15-16H,2,4,6,8-13H2,1H3,(H,23,26)(H,24,25). The summed E-state index contributed by atoms with van der Waals surface area (Å²) < 4.78 is 50.8. The number of nitrogens with zero attached hydrogens (tertiary/aromatic N) is 3. The summed E-state index contributed by atoms with van der Waals surface area (Å²) in [6.07, 6.45) is -0.924. The molecule has 2 atom stereocenters. The van der Waals surface area contributed by atoms with E-state index in [1.54, 1.807) is 0 Å². The van der Waals surface area contributed by atoms with Gasteiger partial charge in [0.25, 0.3) is 0 Å². The van der Waals surface area contributed by atoms with Crippen LogP contribution in [-0.4, -0.2) is 74.0 Å². The zero-order chi connectivity index (χ0) is 20.7. The number of guanidine groups is 1. The molecule has 2 unspecified atom stereocenters. The quantitative estimate of drug-likeness (QED) is 0.422. The van der Waals surface area contributed by atoms with Crippen molar-refractivity contribution in [2.45, 2.75) is 38.1 Å². The van der Waals surface area contributed by atoms with Crippen molar-refractivity contribution in [3.05, 3.63) is 23.9 Å². The number of hydrogen-bond donors (Lipinski definition) is 2. The normalized spacial score (nSPS) is 23.3. The summed E-state index contributed by atoms with van der Waals surface area (Å²) in [4.78, 5) is 10.5. The van der Waals surface area contributed by atoms with Crippen LogP contribution in [-0.2, 0) is 15.7 Å². The highest BCUT2D eigenvalue weighted by atomic mass is 19.4. The van der Waals surface area contributed by atoms with Crippen molar-refractivity contribution < 1.29 is 22.6 Å². The smallest absolute Gasteiger partial charge is 0.375 e. The number of rotatable bonds is 6. The van der Waals surface area contributed by atoms with E-state index in [0.29, 0.717) is 32.8 Å². The van der Waals surface area contributed by atoms with E-state index >= 15 is 0 Å². The second-order valence-electron chi connectivity index (χ2n) is 6.97. The molecule has 0 aromatic carbocycles. The molecule has 29 heavy (non-hydrogen) atoms. The van der Waals surface area contributed by atoms with Gasteiger partial charge in [-0.25, -0.2) is 4.98 Å². The molecular formula is C19H28F3N5O2. The topological polar surface area (TPSA) is 71.0 Å². The lowest BCUT2D eigenvalue weighted by Gasteiger charge is -2.37. The molecule has 0 radical (unpaired) electrons.